The number of hydrogen-bond donors (Lipinski definition) is 0. The van der Waals surface area contributed by atoms with Crippen LogP contribution in [-0.4, -0.2) is 12.1 Å². The van der Waals surface area contributed by atoms with Gasteiger partial charge < -0.3 is 4.74 Å². The Kier molecular flexibility index (Phi) is 1.68. The monoisotopic (exact) mass is 152 g/mol. The molecule has 1 aliphatic carbocycles. The fraction of sp³-hybridized carbons (Fsp3) is 0.667. The van der Waals surface area contributed by atoms with Crippen molar-refractivity contribution in [1.82, 2.24) is 0 Å². The van der Waals surface area contributed by atoms with Crippen molar-refractivity contribution in [3.63, 3.8) is 0 Å². The van der Waals surface area contributed by atoms with E-state index in [1.165, 1.54) is 6.42 Å². The molecule has 0 unspecified atom stereocenters. The largest absolute Gasteiger partial charge is 0.458 e. The number of rotatable bonds is 0. The number of ether oxygens (including phenoxy) is 1. The Morgan fingerprint density at radius 1 is 1.45 bits per heavy atom. The summed E-state index contributed by atoms with van der Waals surface area (Å²) in [5, 5.41) is 0. The van der Waals surface area contributed by atoms with E-state index in [4.69, 9.17) is 4.74 Å². The standard InChI is InChI=1S/C9H12O2/c10-9-6-5-7-3-1-2-4-8(7)11-9/h2,4,7-8H,1,3,5-6H2/t7-,8+/m0/s1. The summed E-state index contributed by atoms with van der Waals surface area (Å²) in [5.41, 5.74) is 0. The van der Waals surface area contributed by atoms with E-state index in [-0.39, 0.29) is 12.1 Å². The van der Waals surface area contributed by atoms with Gasteiger partial charge in [0.1, 0.15) is 6.10 Å². The van der Waals surface area contributed by atoms with Gasteiger partial charge in [-0.15, -0.1) is 0 Å². The van der Waals surface area contributed by atoms with Crippen molar-refractivity contribution in [2.24, 2.45) is 5.92 Å². The first-order valence-corrected chi connectivity index (χ1v) is 4.22. The molecule has 11 heavy (non-hydrogen) atoms. The lowest BCUT2D eigenvalue weighted by Gasteiger charge is -2.31. The molecule has 1 fully saturated rings. The van der Waals surface area contributed by atoms with Gasteiger partial charge in [-0.3, -0.25) is 4.79 Å². The van der Waals surface area contributed by atoms with E-state index in [9.17, 15) is 4.79 Å². The molecule has 2 heteroatoms. The van der Waals surface area contributed by atoms with Crippen molar-refractivity contribution in [1.29, 1.82) is 0 Å². The molecule has 1 saturated heterocycles. The zero-order valence-electron chi connectivity index (χ0n) is 6.45. The molecule has 0 N–H and O–H groups in total. The highest BCUT2D eigenvalue weighted by atomic mass is 16.5. The van der Waals surface area contributed by atoms with Crippen molar-refractivity contribution < 1.29 is 9.53 Å². The molecule has 2 aliphatic rings. The molecule has 1 aliphatic heterocycles. The van der Waals surface area contributed by atoms with Crippen molar-refractivity contribution in [3.8, 4) is 0 Å². The Morgan fingerprint density at radius 2 is 2.36 bits per heavy atom. The number of hydrogen-bond acceptors (Lipinski definition) is 2. The molecule has 2 nitrogen and oxygen atoms in total. The van der Waals surface area contributed by atoms with Crippen LogP contribution in [0.3, 0.4) is 0 Å². The van der Waals surface area contributed by atoms with Crippen LogP contribution in [0.4, 0.5) is 0 Å². The number of allylic oxidation sites excluding steroid dienone is 1. The van der Waals surface area contributed by atoms with Crippen LogP contribution in [0.25, 0.3) is 0 Å². The van der Waals surface area contributed by atoms with Crippen molar-refractivity contribution in [3.05, 3.63) is 12.2 Å². The predicted molar refractivity (Wildman–Crippen MR) is 41.0 cm³/mol. The van der Waals surface area contributed by atoms with E-state index in [1.807, 2.05) is 6.08 Å². The smallest absolute Gasteiger partial charge is 0.306 e. The molecule has 0 saturated carbocycles. The summed E-state index contributed by atoms with van der Waals surface area (Å²) in [6.07, 6.45) is 8.23. The second-order valence-electron chi connectivity index (χ2n) is 3.26. The fourth-order valence-corrected chi connectivity index (χ4v) is 1.82. The summed E-state index contributed by atoms with van der Waals surface area (Å²) in [7, 11) is 0. The van der Waals surface area contributed by atoms with Gasteiger partial charge in [-0.1, -0.05) is 6.08 Å². The first-order chi connectivity index (χ1) is 5.36. The minimum Gasteiger partial charge on any atom is -0.458 e. The fourth-order valence-electron chi connectivity index (χ4n) is 1.82. The van der Waals surface area contributed by atoms with E-state index in [2.05, 4.69) is 6.08 Å². The molecule has 0 aromatic heterocycles. The molecule has 1 heterocycles. The van der Waals surface area contributed by atoms with Crippen LogP contribution in [0.1, 0.15) is 25.7 Å². The second kappa shape index (κ2) is 2.68. The van der Waals surface area contributed by atoms with Gasteiger partial charge >= 0.3 is 5.97 Å². The summed E-state index contributed by atoms with van der Waals surface area (Å²) < 4.78 is 5.16. The maximum Gasteiger partial charge on any atom is 0.306 e. The van der Waals surface area contributed by atoms with Crippen LogP contribution in [0.15, 0.2) is 12.2 Å². The van der Waals surface area contributed by atoms with Gasteiger partial charge in [-0.25, -0.2) is 0 Å². The van der Waals surface area contributed by atoms with Gasteiger partial charge in [-0.2, -0.15) is 0 Å². The van der Waals surface area contributed by atoms with Gasteiger partial charge in [0, 0.05) is 12.3 Å². The van der Waals surface area contributed by atoms with E-state index < -0.39 is 0 Å². The SMILES string of the molecule is O=C1CC[C@@H]2CCC=C[C@H]2O1. The summed E-state index contributed by atoms with van der Waals surface area (Å²) in [5.74, 6) is 0.579. The average Bonchev–Trinajstić information content (AvgIpc) is 2.04. The number of carbonyl (C=O) groups excluding carboxylic acids is 1. The zero-order valence-corrected chi connectivity index (χ0v) is 6.45. The third kappa shape index (κ3) is 1.30. The normalized spacial score (nSPS) is 36.2. The topological polar surface area (TPSA) is 26.3 Å². The average molecular weight is 152 g/mol. The summed E-state index contributed by atoms with van der Waals surface area (Å²) in [6, 6.07) is 0. The molecule has 60 valence electrons. The number of esters is 1. The molecule has 0 aromatic rings. The summed E-state index contributed by atoms with van der Waals surface area (Å²) in [6.45, 7) is 0. The van der Waals surface area contributed by atoms with Crippen molar-refractivity contribution >= 4 is 5.97 Å². The van der Waals surface area contributed by atoms with Gasteiger partial charge in [0.25, 0.3) is 0 Å². The Labute approximate surface area is 66.2 Å². The maximum absolute atomic E-state index is 10.9. The van der Waals surface area contributed by atoms with Crippen LogP contribution in [0, 0.1) is 5.92 Å². The molecule has 0 amide bonds. The Morgan fingerprint density at radius 3 is 3.27 bits per heavy atom. The first kappa shape index (κ1) is 6.89. The molecule has 0 aromatic carbocycles. The van der Waals surface area contributed by atoms with Crippen LogP contribution in [0.5, 0.6) is 0 Å². The van der Waals surface area contributed by atoms with E-state index >= 15 is 0 Å². The lowest BCUT2D eigenvalue weighted by Crippen LogP contribution is -2.32. The first-order valence-electron chi connectivity index (χ1n) is 4.22. The van der Waals surface area contributed by atoms with Crippen LogP contribution in [0.2, 0.25) is 0 Å². The summed E-state index contributed by atoms with van der Waals surface area (Å²) in [4.78, 5) is 10.9. The van der Waals surface area contributed by atoms with Crippen LogP contribution >= 0.6 is 0 Å². The Hall–Kier alpha value is -0.790. The number of carbonyl (C=O) groups is 1. The molecule has 0 spiro atoms. The minimum atomic E-state index is -0.0298. The van der Waals surface area contributed by atoms with Gasteiger partial charge in [-0.05, 0) is 25.3 Å². The van der Waals surface area contributed by atoms with E-state index in [0.717, 1.165) is 12.8 Å². The molecule has 2 atom stereocenters. The van der Waals surface area contributed by atoms with Crippen LogP contribution in [-0.2, 0) is 9.53 Å². The molecular formula is C9H12O2. The lowest BCUT2D eigenvalue weighted by molar-refractivity contribution is -0.155. The van der Waals surface area contributed by atoms with Crippen molar-refractivity contribution in [2.75, 3.05) is 0 Å². The Bertz CT molecular complexity index is 196. The zero-order chi connectivity index (χ0) is 7.68. The highest BCUT2D eigenvalue weighted by molar-refractivity contribution is 5.70. The van der Waals surface area contributed by atoms with Gasteiger partial charge in [0.05, 0.1) is 0 Å². The summed E-state index contributed by atoms with van der Waals surface area (Å²) >= 11 is 0. The third-order valence-electron chi connectivity index (χ3n) is 2.48. The Balaban J connectivity index is 2.08. The highest BCUT2D eigenvalue weighted by Crippen LogP contribution is 2.29. The molecule has 2 rings (SSSR count). The predicted octanol–water partition coefficient (Wildman–Crippen LogP) is 1.66. The van der Waals surface area contributed by atoms with E-state index in [0.29, 0.717) is 12.3 Å². The quantitative estimate of drug-likeness (QED) is 0.390. The minimum absolute atomic E-state index is 0.0298. The highest BCUT2D eigenvalue weighted by Gasteiger charge is 2.29. The maximum atomic E-state index is 10.9. The molecule has 0 radical (unpaired) electrons. The number of fused-ring (bicyclic) bond motifs is 1. The van der Waals surface area contributed by atoms with Crippen molar-refractivity contribution in [2.45, 2.75) is 31.8 Å². The third-order valence-corrected chi connectivity index (χ3v) is 2.48. The van der Waals surface area contributed by atoms with E-state index in [1.54, 1.807) is 0 Å². The molecule has 0 bridgehead atoms. The van der Waals surface area contributed by atoms with Gasteiger partial charge in [0.15, 0.2) is 0 Å². The lowest BCUT2D eigenvalue weighted by atomic mass is 9.86. The van der Waals surface area contributed by atoms with Crippen LogP contribution < -0.4 is 0 Å². The second-order valence-corrected chi connectivity index (χ2v) is 3.26. The molecular weight excluding hydrogens is 140 g/mol. The van der Waals surface area contributed by atoms with Gasteiger partial charge in [0.2, 0.25) is 0 Å².